The Morgan fingerprint density at radius 3 is 2.71 bits per heavy atom. The first-order valence-electron chi connectivity index (χ1n) is 4.89. The highest BCUT2D eigenvalue weighted by Gasteiger charge is 2.14. The van der Waals surface area contributed by atoms with Crippen molar-refractivity contribution < 1.29 is 0 Å². The first-order chi connectivity index (χ1) is 8.36. The summed E-state index contributed by atoms with van der Waals surface area (Å²) in [7, 11) is 0. The van der Waals surface area contributed by atoms with E-state index in [1.807, 2.05) is 30.3 Å². The molecule has 6 nitrogen and oxygen atoms in total. The number of H-pyrrole nitrogens is 1. The summed E-state index contributed by atoms with van der Waals surface area (Å²) in [6.45, 7) is 0. The minimum Gasteiger partial charge on any atom is -0.221 e. The minimum atomic E-state index is 0.428. The molecule has 3 rings (SSSR count). The molecule has 0 saturated heterocycles. The second kappa shape index (κ2) is 3.99. The number of nitrogens with one attached hydrogen (secondary N) is 1. The van der Waals surface area contributed by atoms with E-state index in [-0.39, 0.29) is 0 Å². The molecule has 0 aliphatic heterocycles. The van der Waals surface area contributed by atoms with E-state index in [0.717, 1.165) is 5.69 Å². The van der Waals surface area contributed by atoms with E-state index >= 15 is 0 Å². The van der Waals surface area contributed by atoms with Crippen molar-refractivity contribution in [3.05, 3.63) is 41.7 Å². The average Bonchev–Trinajstić information content (AvgIpc) is 2.99. The lowest BCUT2D eigenvalue weighted by Crippen LogP contribution is -1.95. The predicted octanol–water partition coefficient (Wildman–Crippen LogP) is 1.71. The van der Waals surface area contributed by atoms with Gasteiger partial charge in [0.15, 0.2) is 0 Å². The third-order valence-electron chi connectivity index (χ3n) is 2.30. The zero-order valence-corrected chi connectivity index (χ0v) is 9.33. The number of aromatic amines is 1. The van der Waals surface area contributed by atoms with Crippen LogP contribution in [-0.2, 0) is 0 Å². The highest BCUT2D eigenvalue weighted by atomic mass is 35.5. The molecule has 2 aromatic heterocycles. The summed E-state index contributed by atoms with van der Waals surface area (Å²) in [5.41, 5.74) is 1.52. The summed E-state index contributed by atoms with van der Waals surface area (Å²) in [4.78, 5) is 0. The van der Waals surface area contributed by atoms with Crippen LogP contribution in [0, 0.1) is 0 Å². The monoisotopic (exact) mass is 246 g/mol. The second-order valence-corrected chi connectivity index (χ2v) is 3.69. The summed E-state index contributed by atoms with van der Waals surface area (Å²) in [5.74, 6) is 0.428. The molecule has 0 aliphatic rings. The molecule has 0 amide bonds. The third-order valence-corrected chi connectivity index (χ3v) is 2.66. The molecule has 0 bridgehead atoms. The van der Waals surface area contributed by atoms with Gasteiger partial charge in [0.1, 0.15) is 5.15 Å². The molecule has 1 aromatic carbocycles. The lowest BCUT2D eigenvalue weighted by Gasteiger charge is -2.01. The van der Waals surface area contributed by atoms with Gasteiger partial charge in [0.05, 0.1) is 17.4 Å². The van der Waals surface area contributed by atoms with Crippen molar-refractivity contribution in [2.24, 2.45) is 0 Å². The number of rotatable bonds is 2. The largest absolute Gasteiger partial charge is 0.221 e. The SMILES string of the molecule is Clc1c(-c2nn[nH]n2)cnn1-c1ccccc1. The predicted molar refractivity (Wildman–Crippen MR) is 61.7 cm³/mol. The standard InChI is InChI=1S/C10H7ClN6/c11-9-8(10-13-15-16-14-10)6-12-17(9)7-4-2-1-3-5-7/h1-6H,(H,13,14,15,16). The summed E-state index contributed by atoms with van der Waals surface area (Å²) in [6, 6.07) is 9.60. The second-order valence-electron chi connectivity index (χ2n) is 3.33. The number of hydrogen-bond acceptors (Lipinski definition) is 4. The van der Waals surface area contributed by atoms with Crippen molar-refractivity contribution in [2.75, 3.05) is 0 Å². The maximum absolute atomic E-state index is 6.23. The number of tetrazole rings is 1. The van der Waals surface area contributed by atoms with Crippen molar-refractivity contribution in [1.82, 2.24) is 30.4 Å². The van der Waals surface area contributed by atoms with Crippen molar-refractivity contribution in [3.8, 4) is 17.1 Å². The quantitative estimate of drug-likeness (QED) is 0.747. The van der Waals surface area contributed by atoms with Gasteiger partial charge in [-0.15, -0.1) is 10.2 Å². The van der Waals surface area contributed by atoms with Crippen LogP contribution in [0.15, 0.2) is 36.5 Å². The van der Waals surface area contributed by atoms with Gasteiger partial charge in [0.25, 0.3) is 0 Å². The molecule has 0 atom stereocenters. The molecular formula is C10H7ClN6. The Labute approximate surface area is 101 Å². The Balaban J connectivity index is 2.10. The van der Waals surface area contributed by atoms with E-state index in [1.54, 1.807) is 10.9 Å². The third kappa shape index (κ3) is 1.68. The number of benzene rings is 1. The van der Waals surface area contributed by atoms with Gasteiger partial charge >= 0.3 is 0 Å². The zero-order chi connectivity index (χ0) is 11.7. The molecule has 0 radical (unpaired) electrons. The van der Waals surface area contributed by atoms with Crippen molar-refractivity contribution in [3.63, 3.8) is 0 Å². The van der Waals surface area contributed by atoms with Gasteiger partial charge in [-0.05, 0) is 17.3 Å². The molecule has 0 aliphatic carbocycles. The van der Waals surface area contributed by atoms with Gasteiger partial charge in [0, 0.05) is 0 Å². The number of nitrogens with zero attached hydrogens (tertiary/aromatic N) is 5. The molecule has 0 spiro atoms. The fourth-order valence-electron chi connectivity index (χ4n) is 1.51. The first kappa shape index (κ1) is 9.98. The van der Waals surface area contributed by atoms with Gasteiger partial charge in [0.2, 0.25) is 5.82 Å². The molecule has 2 heterocycles. The Morgan fingerprint density at radius 2 is 2.00 bits per heavy atom. The van der Waals surface area contributed by atoms with E-state index in [4.69, 9.17) is 11.6 Å². The summed E-state index contributed by atoms with van der Waals surface area (Å²) >= 11 is 6.23. The topological polar surface area (TPSA) is 72.3 Å². The smallest absolute Gasteiger partial charge is 0.209 e. The van der Waals surface area contributed by atoms with E-state index in [9.17, 15) is 0 Å². The highest BCUT2D eigenvalue weighted by molar-refractivity contribution is 6.32. The first-order valence-corrected chi connectivity index (χ1v) is 5.27. The van der Waals surface area contributed by atoms with Gasteiger partial charge in [-0.2, -0.15) is 10.3 Å². The van der Waals surface area contributed by atoms with Gasteiger partial charge in [-0.3, -0.25) is 0 Å². The van der Waals surface area contributed by atoms with Crippen LogP contribution < -0.4 is 0 Å². The van der Waals surface area contributed by atoms with Crippen molar-refractivity contribution >= 4 is 11.6 Å². The van der Waals surface area contributed by atoms with Crippen LogP contribution >= 0.6 is 11.6 Å². The fourth-order valence-corrected chi connectivity index (χ4v) is 1.78. The number of halogens is 1. The molecule has 3 aromatic rings. The van der Waals surface area contributed by atoms with Crippen molar-refractivity contribution in [1.29, 1.82) is 0 Å². The zero-order valence-electron chi connectivity index (χ0n) is 8.58. The van der Waals surface area contributed by atoms with Gasteiger partial charge < -0.3 is 0 Å². The Morgan fingerprint density at radius 1 is 1.18 bits per heavy atom. The van der Waals surface area contributed by atoms with Crippen LogP contribution in [-0.4, -0.2) is 30.4 Å². The maximum Gasteiger partial charge on any atom is 0.209 e. The Kier molecular flexibility index (Phi) is 2.34. The van der Waals surface area contributed by atoms with E-state index < -0.39 is 0 Å². The van der Waals surface area contributed by atoms with E-state index in [2.05, 4.69) is 25.7 Å². The minimum absolute atomic E-state index is 0.428. The van der Waals surface area contributed by atoms with E-state index in [0.29, 0.717) is 16.5 Å². The molecule has 1 N–H and O–H groups in total. The number of aromatic nitrogens is 6. The molecule has 17 heavy (non-hydrogen) atoms. The normalized spacial score (nSPS) is 10.6. The maximum atomic E-state index is 6.23. The lowest BCUT2D eigenvalue weighted by atomic mass is 10.3. The van der Waals surface area contributed by atoms with Gasteiger partial charge in [-0.1, -0.05) is 29.8 Å². The molecule has 0 fully saturated rings. The molecule has 84 valence electrons. The van der Waals surface area contributed by atoms with Gasteiger partial charge in [-0.25, -0.2) is 4.68 Å². The molecule has 0 saturated carbocycles. The fraction of sp³-hybridized carbons (Fsp3) is 0. The summed E-state index contributed by atoms with van der Waals surface area (Å²) in [5, 5.41) is 18.3. The van der Waals surface area contributed by atoms with Crippen LogP contribution in [0.25, 0.3) is 17.1 Å². The number of hydrogen-bond donors (Lipinski definition) is 1. The van der Waals surface area contributed by atoms with Crippen molar-refractivity contribution in [2.45, 2.75) is 0 Å². The summed E-state index contributed by atoms with van der Waals surface area (Å²) < 4.78 is 1.62. The average molecular weight is 247 g/mol. The number of para-hydroxylation sites is 1. The molecular weight excluding hydrogens is 240 g/mol. The summed E-state index contributed by atoms with van der Waals surface area (Å²) in [6.07, 6.45) is 1.61. The van der Waals surface area contributed by atoms with Crippen LogP contribution in [0.5, 0.6) is 0 Å². The lowest BCUT2D eigenvalue weighted by molar-refractivity contribution is 0.881. The Bertz CT molecular complexity index is 616. The van der Waals surface area contributed by atoms with E-state index in [1.165, 1.54) is 0 Å². The van der Waals surface area contributed by atoms with Crippen LogP contribution in [0.1, 0.15) is 0 Å². The van der Waals surface area contributed by atoms with Crippen LogP contribution in [0.3, 0.4) is 0 Å². The molecule has 0 unspecified atom stereocenters. The highest BCUT2D eigenvalue weighted by Crippen LogP contribution is 2.26. The van der Waals surface area contributed by atoms with Crippen LogP contribution in [0.4, 0.5) is 0 Å². The van der Waals surface area contributed by atoms with Crippen LogP contribution in [0.2, 0.25) is 5.15 Å². The Hall–Kier alpha value is -2.21. The molecule has 7 heteroatoms.